The van der Waals surface area contributed by atoms with Gasteiger partial charge in [-0.3, -0.25) is 0 Å². The normalized spacial score (nSPS) is 11.9. The van der Waals surface area contributed by atoms with E-state index in [2.05, 4.69) is 0 Å². The van der Waals surface area contributed by atoms with Crippen molar-refractivity contribution in [2.45, 2.75) is 11.4 Å². The van der Waals surface area contributed by atoms with Gasteiger partial charge < -0.3 is 4.42 Å². The molecule has 18 heavy (non-hydrogen) atoms. The van der Waals surface area contributed by atoms with Crippen molar-refractivity contribution < 1.29 is 12.8 Å². The lowest BCUT2D eigenvalue weighted by molar-refractivity contribution is 0.463. The van der Waals surface area contributed by atoms with Gasteiger partial charge in [-0.15, -0.1) is 0 Å². The third-order valence-electron chi connectivity index (χ3n) is 2.51. The molecule has 0 saturated heterocycles. The Labute approximate surface area is 111 Å². The Kier molecular flexibility index (Phi) is 3.75. The summed E-state index contributed by atoms with van der Waals surface area (Å²) in [5.74, 6) is 0. The Morgan fingerprint density at radius 1 is 1.22 bits per heavy atom. The number of furan rings is 1. The van der Waals surface area contributed by atoms with Crippen molar-refractivity contribution in [2.24, 2.45) is 0 Å². The molecule has 0 aliphatic heterocycles. The molecule has 2 rings (SSSR count). The molecule has 0 aliphatic rings. The van der Waals surface area contributed by atoms with Crippen LogP contribution in [0.15, 0.2) is 52.2 Å². The van der Waals surface area contributed by atoms with Crippen molar-refractivity contribution in [2.75, 3.05) is 7.05 Å². The second-order valence-corrected chi connectivity index (χ2v) is 6.33. The van der Waals surface area contributed by atoms with Crippen molar-refractivity contribution in [3.63, 3.8) is 0 Å². The van der Waals surface area contributed by atoms with Crippen molar-refractivity contribution >= 4 is 21.6 Å². The van der Waals surface area contributed by atoms with Gasteiger partial charge in [0.25, 0.3) is 0 Å². The minimum atomic E-state index is -3.50. The highest BCUT2D eigenvalue weighted by molar-refractivity contribution is 7.89. The first-order valence-electron chi connectivity index (χ1n) is 5.23. The molecule has 0 saturated carbocycles. The molecule has 0 fully saturated rings. The molecule has 2 aromatic rings. The van der Waals surface area contributed by atoms with Gasteiger partial charge in [0.05, 0.1) is 17.4 Å². The first kappa shape index (κ1) is 13.1. The van der Waals surface area contributed by atoms with Crippen molar-refractivity contribution in [3.05, 3.63) is 53.4 Å². The van der Waals surface area contributed by atoms with Crippen molar-refractivity contribution in [1.29, 1.82) is 0 Å². The third kappa shape index (κ3) is 2.75. The first-order chi connectivity index (χ1) is 8.50. The highest BCUT2D eigenvalue weighted by atomic mass is 35.5. The molecule has 0 amide bonds. The molecule has 1 heterocycles. The molecule has 1 aromatic carbocycles. The zero-order chi connectivity index (χ0) is 13.2. The van der Waals surface area contributed by atoms with Crippen LogP contribution in [-0.2, 0) is 16.6 Å². The van der Waals surface area contributed by atoms with Gasteiger partial charge in [0.15, 0.2) is 0 Å². The van der Waals surface area contributed by atoms with Crippen LogP contribution in [0.5, 0.6) is 0 Å². The molecular formula is C12H12ClNO3S. The molecule has 6 heteroatoms. The lowest BCUT2D eigenvalue weighted by Crippen LogP contribution is -2.26. The van der Waals surface area contributed by atoms with Crippen molar-refractivity contribution in [1.82, 2.24) is 4.31 Å². The molecule has 96 valence electrons. The molecule has 1 aromatic heterocycles. The maximum atomic E-state index is 12.2. The monoisotopic (exact) mass is 285 g/mol. The van der Waals surface area contributed by atoms with Gasteiger partial charge in [0.2, 0.25) is 10.0 Å². The van der Waals surface area contributed by atoms with E-state index in [-0.39, 0.29) is 11.4 Å². The van der Waals surface area contributed by atoms with E-state index in [4.69, 9.17) is 16.0 Å². The van der Waals surface area contributed by atoms with E-state index in [1.54, 1.807) is 18.2 Å². The number of nitrogens with zero attached hydrogens (tertiary/aromatic N) is 1. The molecule has 0 radical (unpaired) electrons. The summed E-state index contributed by atoms with van der Waals surface area (Å²) in [6.07, 6.45) is 3.03. The van der Waals surface area contributed by atoms with Gasteiger partial charge in [0, 0.05) is 24.2 Å². The Morgan fingerprint density at radius 2 is 1.89 bits per heavy atom. The summed E-state index contributed by atoms with van der Waals surface area (Å²) >= 11 is 5.74. The van der Waals surface area contributed by atoms with Crippen LogP contribution in [0.4, 0.5) is 0 Å². The second-order valence-electron chi connectivity index (χ2n) is 3.85. The van der Waals surface area contributed by atoms with E-state index in [1.807, 2.05) is 0 Å². The molecular weight excluding hydrogens is 274 g/mol. The topological polar surface area (TPSA) is 50.5 Å². The number of hydrogen-bond acceptors (Lipinski definition) is 3. The summed E-state index contributed by atoms with van der Waals surface area (Å²) in [5, 5.41) is 0.506. The lowest BCUT2D eigenvalue weighted by Gasteiger charge is -2.16. The van der Waals surface area contributed by atoms with Gasteiger partial charge in [-0.05, 0) is 30.3 Å². The minimum Gasteiger partial charge on any atom is -0.472 e. The molecule has 0 bridgehead atoms. The van der Waals surface area contributed by atoms with E-state index in [1.165, 1.54) is 36.0 Å². The number of halogens is 1. The fourth-order valence-electron chi connectivity index (χ4n) is 1.51. The fourth-order valence-corrected chi connectivity index (χ4v) is 2.80. The summed E-state index contributed by atoms with van der Waals surface area (Å²) < 4.78 is 30.6. The SMILES string of the molecule is CN(Cc1ccoc1)S(=O)(=O)c1ccc(Cl)cc1. The van der Waals surface area contributed by atoms with Crippen LogP contribution in [-0.4, -0.2) is 19.8 Å². The van der Waals surface area contributed by atoms with E-state index >= 15 is 0 Å². The van der Waals surface area contributed by atoms with Crippen molar-refractivity contribution in [3.8, 4) is 0 Å². The largest absolute Gasteiger partial charge is 0.472 e. The summed E-state index contributed by atoms with van der Waals surface area (Å²) in [5.41, 5.74) is 0.801. The highest BCUT2D eigenvalue weighted by Gasteiger charge is 2.20. The fraction of sp³-hybridized carbons (Fsp3) is 0.167. The van der Waals surface area contributed by atoms with Gasteiger partial charge in [-0.1, -0.05) is 11.6 Å². The van der Waals surface area contributed by atoms with Crippen LogP contribution in [0.1, 0.15) is 5.56 Å². The average Bonchev–Trinajstić information content (AvgIpc) is 2.82. The predicted molar refractivity (Wildman–Crippen MR) is 68.8 cm³/mol. The lowest BCUT2D eigenvalue weighted by atomic mass is 10.3. The Hall–Kier alpha value is -1.30. The van der Waals surface area contributed by atoms with Crippen LogP contribution in [0, 0.1) is 0 Å². The number of hydrogen-bond donors (Lipinski definition) is 0. The number of benzene rings is 1. The third-order valence-corrected chi connectivity index (χ3v) is 4.58. The van der Waals surface area contributed by atoms with Gasteiger partial charge in [-0.25, -0.2) is 8.42 Å². The molecule has 0 atom stereocenters. The molecule has 0 aliphatic carbocycles. The van der Waals surface area contributed by atoms with E-state index < -0.39 is 10.0 Å². The molecule has 0 N–H and O–H groups in total. The van der Waals surface area contributed by atoms with Gasteiger partial charge in [-0.2, -0.15) is 4.31 Å². The maximum absolute atomic E-state index is 12.2. The highest BCUT2D eigenvalue weighted by Crippen LogP contribution is 2.19. The zero-order valence-electron chi connectivity index (χ0n) is 9.71. The summed E-state index contributed by atoms with van der Waals surface area (Å²) in [4.78, 5) is 0.220. The summed E-state index contributed by atoms with van der Waals surface area (Å²) in [7, 11) is -1.97. The van der Waals surface area contributed by atoms with E-state index in [0.717, 1.165) is 5.56 Å². The number of sulfonamides is 1. The number of rotatable bonds is 4. The summed E-state index contributed by atoms with van der Waals surface area (Å²) in [6, 6.07) is 7.82. The van der Waals surface area contributed by atoms with Crippen LogP contribution >= 0.6 is 11.6 Å². The minimum absolute atomic E-state index is 0.220. The standard InChI is InChI=1S/C12H12ClNO3S/c1-14(8-10-6-7-17-9-10)18(15,16)12-4-2-11(13)3-5-12/h2-7,9H,8H2,1H3. The molecule has 0 spiro atoms. The molecule has 0 unspecified atom stereocenters. The Morgan fingerprint density at radius 3 is 2.44 bits per heavy atom. The Balaban J connectivity index is 2.22. The predicted octanol–water partition coefficient (Wildman–Crippen LogP) is 2.75. The molecule has 4 nitrogen and oxygen atoms in total. The van der Waals surface area contributed by atoms with Gasteiger partial charge >= 0.3 is 0 Å². The van der Waals surface area contributed by atoms with Crippen LogP contribution in [0.3, 0.4) is 0 Å². The van der Waals surface area contributed by atoms with E-state index in [9.17, 15) is 8.42 Å². The maximum Gasteiger partial charge on any atom is 0.243 e. The second kappa shape index (κ2) is 5.14. The smallest absolute Gasteiger partial charge is 0.243 e. The zero-order valence-corrected chi connectivity index (χ0v) is 11.3. The van der Waals surface area contributed by atoms with Gasteiger partial charge in [0.1, 0.15) is 0 Å². The van der Waals surface area contributed by atoms with Crippen LogP contribution < -0.4 is 0 Å². The van der Waals surface area contributed by atoms with Crippen LogP contribution in [0.2, 0.25) is 5.02 Å². The Bertz CT molecular complexity index is 605. The van der Waals surface area contributed by atoms with E-state index in [0.29, 0.717) is 5.02 Å². The summed E-state index contributed by atoms with van der Waals surface area (Å²) in [6.45, 7) is 0.265. The van der Waals surface area contributed by atoms with Crippen LogP contribution in [0.25, 0.3) is 0 Å². The average molecular weight is 286 g/mol. The quantitative estimate of drug-likeness (QED) is 0.868. The first-order valence-corrected chi connectivity index (χ1v) is 7.05.